The Hall–Kier alpha value is -3.92. The lowest BCUT2D eigenvalue weighted by Crippen LogP contribution is -2.22. The predicted octanol–water partition coefficient (Wildman–Crippen LogP) is 2.74. The van der Waals surface area contributed by atoms with Gasteiger partial charge in [-0.3, -0.25) is 14.4 Å². The second kappa shape index (κ2) is 8.67. The lowest BCUT2D eigenvalue weighted by molar-refractivity contribution is -0.141. The first-order chi connectivity index (χ1) is 15.4. The molecule has 32 heavy (non-hydrogen) atoms. The number of hydrogen-bond donors (Lipinski definition) is 0. The fraction of sp³-hybridized carbons (Fsp3) is 0.182. The van der Waals surface area contributed by atoms with Gasteiger partial charge in [-0.25, -0.2) is 0 Å². The van der Waals surface area contributed by atoms with Crippen LogP contribution in [0.15, 0.2) is 56.7 Å². The third-order valence-corrected chi connectivity index (χ3v) is 5.79. The number of nitrogens with zero attached hydrogens (tertiary/aromatic N) is 2. The molecule has 9 nitrogen and oxygen atoms in total. The molecule has 0 bridgehead atoms. The van der Waals surface area contributed by atoms with Gasteiger partial charge in [0.2, 0.25) is 0 Å². The molecule has 0 unspecified atom stereocenters. The second-order valence-corrected chi connectivity index (χ2v) is 7.62. The first-order valence-corrected chi connectivity index (χ1v) is 10.2. The molecule has 4 aromatic rings. The van der Waals surface area contributed by atoms with Crippen molar-refractivity contribution in [1.82, 2.24) is 4.57 Å². The molecule has 2 aromatic heterocycles. The topological polar surface area (TPSA) is 109 Å². The number of esters is 1. The van der Waals surface area contributed by atoms with Crippen LogP contribution >= 0.6 is 11.3 Å². The highest BCUT2D eigenvalue weighted by Crippen LogP contribution is 2.33. The van der Waals surface area contributed by atoms with Gasteiger partial charge in [0.25, 0.3) is 0 Å². The maximum absolute atomic E-state index is 12.9. The van der Waals surface area contributed by atoms with E-state index in [2.05, 4.69) is 4.99 Å². The minimum Gasteiger partial charge on any atom is -0.493 e. The number of rotatable bonds is 5. The van der Waals surface area contributed by atoms with Crippen LogP contribution < -0.4 is 19.7 Å². The largest absolute Gasteiger partial charge is 0.493 e. The Morgan fingerprint density at radius 1 is 1.06 bits per heavy atom. The van der Waals surface area contributed by atoms with E-state index in [9.17, 15) is 14.4 Å². The lowest BCUT2D eigenvalue weighted by atomic mass is 10.2. The van der Waals surface area contributed by atoms with Crippen LogP contribution in [0.25, 0.3) is 21.2 Å². The van der Waals surface area contributed by atoms with Crippen molar-refractivity contribution in [3.63, 3.8) is 0 Å². The molecule has 0 saturated heterocycles. The number of methoxy groups -OCH3 is 3. The molecular weight excluding hydrogens is 436 g/mol. The Labute approximate surface area is 185 Å². The molecule has 0 saturated carbocycles. The summed E-state index contributed by atoms with van der Waals surface area (Å²) in [6, 6.07) is 11.2. The fourth-order valence-corrected chi connectivity index (χ4v) is 4.22. The summed E-state index contributed by atoms with van der Waals surface area (Å²) in [5, 5.41) is 0.367. The number of carbonyl (C=O) groups excluding carboxylic acids is 2. The first-order valence-electron chi connectivity index (χ1n) is 9.39. The number of ether oxygens (including phenoxy) is 3. The zero-order chi connectivity index (χ0) is 22.8. The van der Waals surface area contributed by atoms with Crippen LogP contribution in [0.1, 0.15) is 10.6 Å². The molecule has 164 valence electrons. The molecule has 0 fully saturated rings. The number of aromatic nitrogens is 1. The summed E-state index contributed by atoms with van der Waals surface area (Å²) in [6.45, 7) is -0.181. The smallest absolute Gasteiger partial charge is 0.325 e. The number of thiazole rings is 1. The van der Waals surface area contributed by atoms with Crippen molar-refractivity contribution < 1.29 is 28.2 Å². The minimum atomic E-state index is -0.753. The van der Waals surface area contributed by atoms with E-state index in [0.29, 0.717) is 27.1 Å². The SMILES string of the molecule is COC(=O)Cn1c(=NC(=O)c2cc(=O)c3ccccc3o2)sc2cc(OC)c(OC)cc21. The zero-order valence-corrected chi connectivity index (χ0v) is 18.2. The molecule has 10 heteroatoms. The van der Waals surface area contributed by atoms with Gasteiger partial charge >= 0.3 is 11.9 Å². The van der Waals surface area contributed by atoms with Gasteiger partial charge in [0.1, 0.15) is 12.1 Å². The average molecular weight is 454 g/mol. The number of benzene rings is 2. The van der Waals surface area contributed by atoms with Crippen LogP contribution in [0.5, 0.6) is 11.5 Å². The average Bonchev–Trinajstić information content (AvgIpc) is 3.13. The molecule has 0 atom stereocenters. The second-order valence-electron chi connectivity index (χ2n) is 6.61. The van der Waals surface area contributed by atoms with E-state index in [1.807, 2.05) is 0 Å². The molecule has 0 spiro atoms. The van der Waals surface area contributed by atoms with Gasteiger partial charge in [-0.15, -0.1) is 0 Å². The van der Waals surface area contributed by atoms with Gasteiger partial charge in [-0.2, -0.15) is 4.99 Å². The van der Waals surface area contributed by atoms with Crippen LogP contribution in [0.2, 0.25) is 0 Å². The molecule has 2 aromatic carbocycles. The van der Waals surface area contributed by atoms with Crippen LogP contribution in [0.3, 0.4) is 0 Å². The molecule has 0 radical (unpaired) electrons. The fourth-order valence-electron chi connectivity index (χ4n) is 3.18. The molecule has 0 aliphatic rings. The van der Waals surface area contributed by atoms with Crippen LogP contribution in [0, 0.1) is 0 Å². The number of carbonyl (C=O) groups is 2. The predicted molar refractivity (Wildman–Crippen MR) is 117 cm³/mol. The molecular formula is C22H18N2O7S. The summed E-state index contributed by atoms with van der Waals surface area (Å²) >= 11 is 1.17. The summed E-state index contributed by atoms with van der Waals surface area (Å²) in [5.41, 5.74) is 0.537. The molecule has 0 N–H and O–H groups in total. The van der Waals surface area contributed by atoms with Crippen molar-refractivity contribution in [1.29, 1.82) is 0 Å². The highest BCUT2D eigenvalue weighted by molar-refractivity contribution is 7.16. The third kappa shape index (κ3) is 3.87. The maximum Gasteiger partial charge on any atom is 0.325 e. The summed E-state index contributed by atoms with van der Waals surface area (Å²) in [6.07, 6.45) is 0. The molecule has 0 aliphatic carbocycles. The number of para-hydroxylation sites is 1. The highest BCUT2D eigenvalue weighted by atomic mass is 32.1. The van der Waals surface area contributed by atoms with Crippen molar-refractivity contribution in [2.45, 2.75) is 6.54 Å². The van der Waals surface area contributed by atoms with Gasteiger partial charge in [0, 0.05) is 18.2 Å². The quantitative estimate of drug-likeness (QED) is 0.427. The first kappa shape index (κ1) is 21.3. The van der Waals surface area contributed by atoms with Crippen LogP contribution in [-0.2, 0) is 16.1 Å². The Balaban J connectivity index is 1.90. The molecule has 2 heterocycles. The van der Waals surface area contributed by atoms with Crippen molar-refractivity contribution in [3.8, 4) is 11.5 Å². The summed E-state index contributed by atoms with van der Waals surface area (Å²) in [4.78, 5) is 41.6. The van der Waals surface area contributed by atoms with E-state index in [1.54, 1.807) is 36.4 Å². The van der Waals surface area contributed by atoms with Crippen molar-refractivity contribution in [2.24, 2.45) is 4.99 Å². The van der Waals surface area contributed by atoms with Gasteiger partial charge in [-0.05, 0) is 12.1 Å². The van der Waals surface area contributed by atoms with Crippen LogP contribution in [-0.4, -0.2) is 37.8 Å². The maximum atomic E-state index is 12.9. The number of fused-ring (bicyclic) bond motifs is 2. The molecule has 1 amide bonds. The summed E-state index contributed by atoms with van der Waals surface area (Å²) in [5.74, 6) is -0.534. The zero-order valence-electron chi connectivity index (χ0n) is 17.4. The molecule has 4 rings (SSSR count). The van der Waals surface area contributed by atoms with Gasteiger partial charge in [0.15, 0.2) is 27.5 Å². The Morgan fingerprint density at radius 3 is 2.50 bits per heavy atom. The Morgan fingerprint density at radius 2 is 1.78 bits per heavy atom. The minimum absolute atomic E-state index is 0.181. The number of amides is 1. The monoisotopic (exact) mass is 454 g/mol. The van der Waals surface area contributed by atoms with Crippen LogP contribution in [0.4, 0.5) is 0 Å². The van der Waals surface area contributed by atoms with Gasteiger partial charge in [0.05, 0.1) is 36.9 Å². The van der Waals surface area contributed by atoms with E-state index in [-0.39, 0.29) is 28.1 Å². The standard InChI is InChI=1S/C22H18N2O7S/c1-28-16-8-13-19(10-17(16)29-2)32-22(24(13)11-20(26)30-3)23-21(27)18-9-14(25)12-6-4-5-7-15(12)31-18/h4-10H,11H2,1-3H3. The van der Waals surface area contributed by atoms with Crippen molar-refractivity contribution in [3.05, 3.63) is 63.2 Å². The Bertz CT molecular complexity index is 1480. The highest BCUT2D eigenvalue weighted by Gasteiger charge is 2.17. The van der Waals surface area contributed by atoms with Crippen molar-refractivity contribution >= 4 is 44.4 Å². The third-order valence-electron chi connectivity index (χ3n) is 4.75. The summed E-state index contributed by atoms with van der Waals surface area (Å²) in [7, 11) is 4.28. The Kier molecular flexibility index (Phi) is 5.78. The molecule has 0 aliphatic heterocycles. The normalized spacial score (nSPS) is 11.7. The van der Waals surface area contributed by atoms with E-state index < -0.39 is 11.9 Å². The van der Waals surface area contributed by atoms with Crippen molar-refractivity contribution in [2.75, 3.05) is 21.3 Å². The number of hydrogen-bond acceptors (Lipinski definition) is 8. The lowest BCUT2D eigenvalue weighted by Gasteiger charge is -2.09. The van der Waals surface area contributed by atoms with Gasteiger partial charge in [-0.1, -0.05) is 23.5 Å². The van der Waals surface area contributed by atoms with E-state index in [1.165, 1.54) is 37.2 Å². The van der Waals surface area contributed by atoms with E-state index in [0.717, 1.165) is 6.07 Å². The summed E-state index contributed by atoms with van der Waals surface area (Å²) < 4.78 is 23.3. The van der Waals surface area contributed by atoms with Gasteiger partial charge < -0.3 is 23.2 Å². The van der Waals surface area contributed by atoms with E-state index >= 15 is 0 Å². The van der Waals surface area contributed by atoms with E-state index in [4.69, 9.17) is 18.6 Å².